The van der Waals surface area contributed by atoms with Gasteiger partial charge in [0.05, 0.1) is 0 Å². The fraction of sp³-hybridized carbons (Fsp3) is 0.200. The monoisotopic (exact) mass is 248 g/mol. The third-order valence-corrected chi connectivity index (χ3v) is 2.58. The number of aromatic hydroxyl groups is 1. The minimum Gasteiger partial charge on any atom is -0.508 e. The third kappa shape index (κ3) is 5.41. The summed E-state index contributed by atoms with van der Waals surface area (Å²) in [5, 5.41) is 9.85. The van der Waals surface area contributed by atoms with E-state index in [0.717, 1.165) is 23.4 Å². The summed E-state index contributed by atoms with van der Waals surface area (Å²) in [5.74, 6) is 0.290. The second-order valence-corrected chi connectivity index (χ2v) is 4.09. The van der Waals surface area contributed by atoms with Gasteiger partial charge in [0, 0.05) is 5.02 Å². The van der Waals surface area contributed by atoms with E-state index in [1.54, 1.807) is 18.2 Å². The minimum absolute atomic E-state index is 0.290. The van der Waals surface area contributed by atoms with E-state index >= 15 is 0 Å². The van der Waals surface area contributed by atoms with E-state index in [4.69, 9.17) is 16.7 Å². The van der Waals surface area contributed by atoms with Crippen molar-refractivity contribution in [2.45, 2.75) is 19.8 Å². The van der Waals surface area contributed by atoms with Gasteiger partial charge in [0.2, 0.25) is 0 Å². The summed E-state index contributed by atoms with van der Waals surface area (Å²) < 4.78 is 0. The predicted octanol–water partition coefficient (Wildman–Crippen LogP) is 4.68. The van der Waals surface area contributed by atoms with Gasteiger partial charge in [-0.3, -0.25) is 0 Å². The van der Waals surface area contributed by atoms with E-state index in [2.05, 4.69) is 6.92 Å². The van der Waals surface area contributed by atoms with E-state index < -0.39 is 0 Å². The largest absolute Gasteiger partial charge is 0.508 e. The summed E-state index contributed by atoms with van der Waals surface area (Å²) in [4.78, 5) is 0. The Hall–Kier alpha value is -1.47. The van der Waals surface area contributed by atoms with Crippen LogP contribution < -0.4 is 0 Å². The highest BCUT2D eigenvalue weighted by atomic mass is 35.5. The highest BCUT2D eigenvalue weighted by Crippen LogP contribution is 2.21. The van der Waals surface area contributed by atoms with Gasteiger partial charge in [-0.15, -0.1) is 0 Å². The first-order valence-electron chi connectivity index (χ1n) is 5.71. The molecule has 0 saturated heterocycles. The second kappa shape index (κ2) is 7.75. The molecule has 0 fully saturated rings. The zero-order valence-corrected chi connectivity index (χ0v) is 10.7. The lowest BCUT2D eigenvalue weighted by Gasteiger charge is -2.01. The molecule has 2 heteroatoms. The molecule has 0 spiro atoms. The molecule has 1 N–H and O–H groups in total. The van der Waals surface area contributed by atoms with Gasteiger partial charge in [-0.1, -0.05) is 61.3 Å². The smallest absolute Gasteiger partial charge is 0.115 e. The topological polar surface area (TPSA) is 20.2 Å². The van der Waals surface area contributed by atoms with E-state index in [9.17, 15) is 0 Å². The summed E-state index contributed by atoms with van der Waals surface area (Å²) in [7, 11) is 0. The first kappa shape index (κ1) is 13.6. The van der Waals surface area contributed by atoms with Crippen LogP contribution in [0, 0.1) is 0 Å². The fourth-order valence-electron chi connectivity index (χ4n) is 1.41. The summed E-state index contributed by atoms with van der Waals surface area (Å²) in [6.07, 6.45) is 1.97. The lowest BCUT2D eigenvalue weighted by atomic mass is 10.1. The maximum atomic E-state index is 9.11. The zero-order valence-electron chi connectivity index (χ0n) is 9.94. The van der Waals surface area contributed by atoms with Crippen molar-refractivity contribution in [3.63, 3.8) is 0 Å². The van der Waals surface area contributed by atoms with Gasteiger partial charge in [0.15, 0.2) is 0 Å². The molecule has 0 heterocycles. The number of hydrogen-bond acceptors (Lipinski definition) is 1. The van der Waals surface area contributed by atoms with Crippen molar-refractivity contribution in [3.05, 3.63) is 65.2 Å². The van der Waals surface area contributed by atoms with Gasteiger partial charge in [-0.25, -0.2) is 0 Å². The number of phenols is 1. The van der Waals surface area contributed by atoms with Crippen LogP contribution in [0.3, 0.4) is 0 Å². The molecule has 0 aliphatic heterocycles. The SMILES string of the molecule is CCCc1cc(O)ccc1Cl.c1ccccc1. The Kier molecular flexibility index (Phi) is 6.19. The lowest BCUT2D eigenvalue weighted by molar-refractivity contribution is 0.474. The average Bonchev–Trinajstić information content (AvgIpc) is 2.37. The molecule has 17 heavy (non-hydrogen) atoms. The molecule has 90 valence electrons. The van der Waals surface area contributed by atoms with Crippen LogP contribution in [0.4, 0.5) is 0 Å². The van der Waals surface area contributed by atoms with Gasteiger partial charge < -0.3 is 5.11 Å². The van der Waals surface area contributed by atoms with Gasteiger partial charge in [-0.05, 0) is 30.2 Å². The van der Waals surface area contributed by atoms with Crippen molar-refractivity contribution in [2.24, 2.45) is 0 Å². The van der Waals surface area contributed by atoms with Crippen LogP contribution in [0.25, 0.3) is 0 Å². The molecule has 0 bridgehead atoms. The van der Waals surface area contributed by atoms with Crippen LogP contribution >= 0.6 is 11.6 Å². The molecule has 0 atom stereocenters. The van der Waals surface area contributed by atoms with Crippen molar-refractivity contribution < 1.29 is 5.11 Å². The van der Waals surface area contributed by atoms with E-state index in [1.807, 2.05) is 36.4 Å². The Labute approximate surface area is 108 Å². The predicted molar refractivity (Wildman–Crippen MR) is 73.6 cm³/mol. The number of benzene rings is 2. The fourth-order valence-corrected chi connectivity index (χ4v) is 1.62. The van der Waals surface area contributed by atoms with E-state index in [0.29, 0.717) is 0 Å². The molecular formula is C15H17ClO. The highest BCUT2D eigenvalue weighted by molar-refractivity contribution is 6.31. The van der Waals surface area contributed by atoms with E-state index in [1.165, 1.54) is 0 Å². The van der Waals surface area contributed by atoms with Crippen LogP contribution in [0.1, 0.15) is 18.9 Å². The number of hydrogen-bond donors (Lipinski definition) is 1. The number of phenolic OH excluding ortho intramolecular Hbond substituents is 1. The third-order valence-electron chi connectivity index (χ3n) is 2.22. The van der Waals surface area contributed by atoms with Crippen molar-refractivity contribution in [2.75, 3.05) is 0 Å². The lowest BCUT2D eigenvalue weighted by Crippen LogP contribution is -1.83. The molecular weight excluding hydrogens is 232 g/mol. The number of halogens is 1. The molecule has 0 aromatic heterocycles. The standard InChI is InChI=1S/C9H11ClO.C6H6/c1-2-3-7-6-8(11)4-5-9(7)10;1-2-4-6-5-3-1/h4-6,11H,2-3H2,1H3;1-6H. The van der Waals surface area contributed by atoms with Crippen LogP contribution in [0.15, 0.2) is 54.6 Å². The van der Waals surface area contributed by atoms with Crippen LogP contribution in [0.2, 0.25) is 5.02 Å². The summed E-state index contributed by atoms with van der Waals surface area (Å²) in [6.45, 7) is 2.08. The molecule has 2 aromatic rings. The Bertz CT molecular complexity index is 399. The molecule has 0 amide bonds. The molecule has 0 radical (unpaired) electrons. The maximum absolute atomic E-state index is 9.11. The van der Waals surface area contributed by atoms with Crippen molar-refractivity contribution in [3.8, 4) is 5.75 Å². The molecule has 0 saturated carbocycles. The molecule has 0 aliphatic rings. The van der Waals surface area contributed by atoms with E-state index in [-0.39, 0.29) is 5.75 Å². The Morgan fingerprint density at radius 1 is 1.00 bits per heavy atom. The minimum atomic E-state index is 0.290. The second-order valence-electron chi connectivity index (χ2n) is 3.68. The normalized spacial score (nSPS) is 9.29. The quantitative estimate of drug-likeness (QED) is 0.818. The molecule has 0 aliphatic carbocycles. The number of aryl methyl sites for hydroxylation is 1. The Morgan fingerprint density at radius 3 is 2.00 bits per heavy atom. The summed E-state index contributed by atoms with van der Waals surface area (Å²) >= 11 is 5.86. The van der Waals surface area contributed by atoms with Crippen LogP contribution in [-0.2, 0) is 6.42 Å². The molecule has 2 aromatic carbocycles. The van der Waals surface area contributed by atoms with Crippen LogP contribution in [0.5, 0.6) is 5.75 Å². The average molecular weight is 249 g/mol. The van der Waals surface area contributed by atoms with Gasteiger partial charge >= 0.3 is 0 Å². The summed E-state index contributed by atoms with van der Waals surface area (Å²) in [6, 6.07) is 17.0. The maximum Gasteiger partial charge on any atom is 0.115 e. The number of rotatable bonds is 2. The van der Waals surface area contributed by atoms with Gasteiger partial charge in [0.1, 0.15) is 5.75 Å². The highest BCUT2D eigenvalue weighted by Gasteiger charge is 1.99. The first-order chi connectivity index (χ1) is 8.24. The molecule has 2 rings (SSSR count). The molecule has 0 unspecified atom stereocenters. The Balaban J connectivity index is 0.000000202. The van der Waals surface area contributed by atoms with Crippen molar-refractivity contribution >= 4 is 11.6 Å². The van der Waals surface area contributed by atoms with Crippen LogP contribution in [-0.4, -0.2) is 5.11 Å². The van der Waals surface area contributed by atoms with Gasteiger partial charge in [-0.2, -0.15) is 0 Å². The summed E-state index contributed by atoms with van der Waals surface area (Å²) in [5.41, 5.74) is 1.02. The Morgan fingerprint density at radius 2 is 1.53 bits per heavy atom. The van der Waals surface area contributed by atoms with Crippen molar-refractivity contribution in [1.82, 2.24) is 0 Å². The van der Waals surface area contributed by atoms with Gasteiger partial charge in [0.25, 0.3) is 0 Å². The first-order valence-corrected chi connectivity index (χ1v) is 6.09. The molecule has 1 nitrogen and oxygen atoms in total. The van der Waals surface area contributed by atoms with Crippen molar-refractivity contribution in [1.29, 1.82) is 0 Å². The zero-order chi connectivity index (χ0) is 12.5.